The zero-order valence-electron chi connectivity index (χ0n) is 13.1. The Morgan fingerprint density at radius 3 is 3.04 bits per heavy atom. The lowest BCUT2D eigenvalue weighted by atomic mass is 10.3. The van der Waals surface area contributed by atoms with Gasteiger partial charge in [0.05, 0.1) is 6.54 Å². The second-order valence-corrected chi connectivity index (χ2v) is 5.15. The Morgan fingerprint density at radius 1 is 1.38 bits per heavy atom. The van der Waals surface area contributed by atoms with Crippen LogP contribution < -0.4 is 25.1 Å². The highest BCUT2D eigenvalue weighted by Gasteiger charge is 2.18. The van der Waals surface area contributed by atoms with Gasteiger partial charge in [0, 0.05) is 24.9 Å². The van der Waals surface area contributed by atoms with Crippen LogP contribution in [0.25, 0.3) is 0 Å². The van der Waals surface area contributed by atoms with Crippen LogP contribution in [0.3, 0.4) is 0 Å². The van der Waals surface area contributed by atoms with Crippen LogP contribution in [-0.2, 0) is 11.3 Å². The molecule has 0 fully saturated rings. The molecule has 0 saturated heterocycles. The summed E-state index contributed by atoms with van der Waals surface area (Å²) >= 11 is 0. The van der Waals surface area contributed by atoms with Crippen molar-refractivity contribution in [3.05, 3.63) is 46.9 Å². The van der Waals surface area contributed by atoms with Crippen molar-refractivity contribution in [3.63, 3.8) is 0 Å². The molecule has 1 amide bonds. The Bertz CT molecular complexity index is 789. The second-order valence-electron chi connectivity index (χ2n) is 5.15. The minimum atomic E-state index is -0.689. The molecule has 1 aliphatic rings. The van der Waals surface area contributed by atoms with Crippen molar-refractivity contribution < 1.29 is 19.0 Å². The van der Waals surface area contributed by atoms with Crippen LogP contribution in [-0.4, -0.2) is 35.1 Å². The minimum absolute atomic E-state index is 0.182. The summed E-state index contributed by atoms with van der Waals surface area (Å²) in [6.07, 6.45) is 0.833. The van der Waals surface area contributed by atoms with E-state index >= 15 is 0 Å². The Balaban J connectivity index is 1.50. The van der Waals surface area contributed by atoms with Gasteiger partial charge in [0.1, 0.15) is 5.75 Å². The summed E-state index contributed by atoms with van der Waals surface area (Å²) in [6, 6.07) is 8.11. The van der Waals surface area contributed by atoms with Gasteiger partial charge in [-0.2, -0.15) is 5.10 Å². The highest BCUT2D eigenvalue weighted by atomic mass is 16.7. The smallest absolute Gasteiger partial charge is 0.266 e. The Labute approximate surface area is 138 Å². The number of fused-ring (bicyclic) bond motifs is 1. The molecule has 24 heavy (non-hydrogen) atoms. The van der Waals surface area contributed by atoms with E-state index in [1.807, 2.05) is 0 Å². The van der Waals surface area contributed by atoms with Gasteiger partial charge in [0.2, 0.25) is 6.79 Å². The molecule has 0 spiro atoms. The third-order valence-electron chi connectivity index (χ3n) is 3.43. The average Bonchev–Trinajstić information content (AvgIpc) is 3.04. The van der Waals surface area contributed by atoms with E-state index in [9.17, 15) is 9.59 Å². The molecule has 8 nitrogen and oxygen atoms in total. The van der Waals surface area contributed by atoms with Gasteiger partial charge < -0.3 is 19.5 Å². The van der Waals surface area contributed by atoms with Gasteiger partial charge in [0.25, 0.3) is 11.5 Å². The number of nitrogens with zero attached hydrogens (tertiary/aromatic N) is 2. The highest BCUT2D eigenvalue weighted by Crippen LogP contribution is 2.35. The van der Waals surface area contributed by atoms with Crippen LogP contribution in [0.2, 0.25) is 0 Å². The van der Waals surface area contributed by atoms with Crippen molar-refractivity contribution in [3.8, 4) is 17.2 Å². The molecule has 2 aromatic rings. The van der Waals surface area contributed by atoms with E-state index in [1.165, 1.54) is 16.9 Å². The largest absolute Gasteiger partial charge is 0.481 e. The SMILES string of the molecule is CC(Oc1ccc2c(c1)OCO2)C(=O)NCCn1ncccc1=O. The number of nitrogens with one attached hydrogen (secondary N) is 1. The molecule has 0 bridgehead atoms. The molecule has 0 aliphatic carbocycles. The molecular weight excluding hydrogens is 314 g/mol. The van der Waals surface area contributed by atoms with Crippen molar-refractivity contribution in [2.75, 3.05) is 13.3 Å². The number of carbonyl (C=O) groups excluding carboxylic acids is 1. The molecular formula is C16H17N3O5. The van der Waals surface area contributed by atoms with Crippen LogP contribution >= 0.6 is 0 Å². The number of hydrogen-bond acceptors (Lipinski definition) is 6. The van der Waals surface area contributed by atoms with Crippen molar-refractivity contribution in [1.29, 1.82) is 0 Å². The van der Waals surface area contributed by atoms with E-state index in [0.717, 1.165) is 0 Å². The number of hydrogen-bond donors (Lipinski definition) is 1. The summed E-state index contributed by atoms with van der Waals surface area (Å²) in [5.41, 5.74) is -0.212. The molecule has 8 heteroatoms. The summed E-state index contributed by atoms with van der Waals surface area (Å²) in [6.45, 7) is 2.40. The van der Waals surface area contributed by atoms with Gasteiger partial charge in [-0.15, -0.1) is 0 Å². The first-order valence-electron chi connectivity index (χ1n) is 7.49. The quantitative estimate of drug-likeness (QED) is 0.831. The second kappa shape index (κ2) is 7.03. The molecule has 3 rings (SSSR count). The van der Waals surface area contributed by atoms with E-state index in [4.69, 9.17) is 14.2 Å². The summed E-state index contributed by atoms with van der Waals surface area (Å²) in [5.74, 6) is 1.48. The number of aromatic nitrogens is 2. The van der Waals surface area contributed by atoms with E-state index in [2.05, 4.69) is 10.4 Å². The molecule has 0 radical (unpaired) electrons. The van der Waals surface area contributed by atoms with Crippen LogP contribution in [0.4, 0.5) is 0 Å². The van der Waals surface area contributed by atoms with Gasteiger partial charge >= 0.3 is 0 Å². The normalized spacial score (nSPS) is 13.4. The first kappa shape index (κ1) is 15.9. The molecule has 1 aromatic heterocycles. The van der Waals surface area contributed by atoms with Crippen LogP contribution in [0.15, 0.2) is 41.3 Å². The van der Waals surface area contributed by atoms with Crippen molar-refractivity contribution in [2.45, 2.75) is 19.6 Å². The average molecular weight is 331 g/mol. The van der Waals surface area contributed by atoms with Gasteiger partial charge in [-0.05, 0) is 25.1 Å². The molecule has 0 saturated carbocycles. The molecule has 1 atom stereocenters. The van der Waals surface area contributed by atoms with E-state index in [1.54, 1.807) is 31.2 Å². The van der Waals surface area contributed by atoms with Crippen LogP contribution in [0.5, 0.6) is 17.2 Å². The lowest BCUT2D eigenvalue weighted by Crippen LogP contribution is -2.39. The maximum absolute atomic E-state index is 12.1. The Hall–Kier alpha value is -3.03. The predicted octanol–water partition coefficient (Wildman–Crippen LogP) is 0.556. The summed E-state index contributed by atoms with van der Waals surface area (Å²) in [4.78, 5) is 23.6. The molecule has 1 aromatic carbocycles. The van der Waals surface area contributed by atoms with E-state index < -0.39 is 6.10 Å². The van der Waals surface area contributed by atoms with Crippen LogP contribution in [0, 0.1) is 0 Å². The fourth-order valence-corrected chi connectivity index (χ4v) is 2.19. The minimum Gasteiger partial charge on any atom is -0.481 e. The fraction of sp³-hybridized carbons (Fsp3) is 0.312. The van der Waals surface area contributed by atoms with Gasteiger partial charge in [0.15, 0.2) is 17.6 Å². The lowest BCUT2D eigenvalue weighted by molar-refractivity contribution is -0.127. The van der Waals surface area contributed by atoms with Crippen LogP contribution in [0.1, 0.15) is 6.92 Å². The first-order valence-corrected chi connectivity index (χ1v) is 7.49. The maximum atomic E-state index is 12.1. The van der Waals surface area contributed by atoms with Crippen molar-refractivity contribution in [1.82, 2.24) is 15.1 Å². The zero-order chi connectivity index (χ0) is 16.9. The number of rotatable bonds is 6. The Kier molecular flexibility index (Phi) is 4.64. The number of amides is 1. The van der Waals surface area contributed by atoms with E-state index in [0.29, 0.717) is 23.8 Å². The third kappa shape index (κ3) is 3.65. The molecule has 1 unspecified atom stereocenters. The number of ether oxygens (including phenoxy) is 3. The zero-order valence-corrected chi connectivity index (χ0v) is 13.1. The number of benzene rings is 1. The number of carbonyl (C=O) groups is 1. The molecule has 2 heterocycles. The fourth-order valence-electron chi connectivity index (χ4n) is 2.19. The molecule has 126 valence electrons. The molecule has 1 aliphatic heterocycles. The molecule has 1 N–H and O–H groups in total. The predicted molar refractivity (Wildman–Crippen MR) is 84.2 cm³/mol. The first-order chi connectivity index (χ1) is 11.6. The summed E-state index contributed by atoms with van der Waals surface area (Å²) in [7, 11) is 0. The maximum Gasteiger partial charge on any atom is 0.266 e. The monoisotopic (exact) mass is 331 g/mol. The van der Waals surface area contributed by atoms with E-state index in [-0.39, 0.29) is 24.8 Å². The standard InChI is InChI=1S/C16H17N3O5/c1-11(24-12-4-5-13-14(9-12)23-10-22-13)16(21)17-7-8-19-15(20)3-2-6-18-19/h2-6,9,11H,7-8,10H2,1H3,(H,17,21). The summed E-state index contributed by atoms with van der Waals surface area (Å²) < 4.78 is 17.4. The van der Waals surface area contributed by atoms with Gasteiger partial charge in [-0.3, -0.25) is 9.59 Å². The topological polar surface area (TPSA) is 91.7 Å². The summed E-state index contributed by atoms with van der Waals surface area (Å²) in [5, 5.41) is 6.63. The lowest BCUT2D eigenvalue weighted by Gasteiger charge is -2.15. The van der Waals surface area contributed by atoms with Crippen molar-refractivity contribution in [2.24, 2.45) is 0 Å². The van der Waals surface area contributed by atoms with Gasteiger partial charge in [-0.1, -0.05) is 0 Å². The van der Waals surface area contributed by atoms with Crippen molar-refractivity contribution >= 4 is 5.91 Å². The highest BCUT2D eigenvalue weighted by molar-refractivity contribution is 5.80. The third-order valence-corrected chi connectivity index (χ3v) is 3.43. The Morgan fingerprint density at radius 2 is 2.21 bits per heavy atom. The van der Waals surface area contributed by atoms with Gasteiger partial charge in [-0.25, -0.2) is 4.68 Å².